The van der Waals surface area contributed by atoms with Gasteiger partial charge in [-0.1, -0.05) is 38.3 Å². The van der Waals surface area contributed by atoms with Gasteiger partial charge in [0.15, 0.2) is 0 Å². The maximum atomic E-state index is 11.9. The van der Waals surface area contributed by atoms with Crippen LogP contribution in [0.5, 0.6) is 0 Å². The predicted molar refractivity (Wildman–Crippen MR) is 101 cm³/mol. The highest BCUT2D eigenvalue weighted by atomic mass is 16.5. The van der Waals surface area contributed by atoms with Gasteiger partial charge in [0.25, 0.3) is 0 Å². The van der Waals surface area contributed by atoms with E-state index < -0.39 is 6.10 Å². The van der Waals surface area contributed by atoms with E-state index >= 15 is 0 Å². The lowest BCUT2D eigenvalue weighted by Crippen LogP contribution is -2.37. The molecular weight excluding hydrogens is 316 g/mol. The zero-order chi connectivity index (χ0) is 17.9. The third kappa shape index (κ3) is 7.55. The number of rotatable bonds is 10. The molecule has 1 fully saturated rings. The second-order valence-corrected chi connectivity index (χ2v) is 6.74. The van der Waals surface area contributed by atoms with Gasteiger partial charge in [-0.3, -0.25) is 9.69 Å². The first-order valence-electron chi connectivity index (χ1n) is 9.57. The third-order valence-corrected chi connectivity index (χ3v) is 4.66. The lowest BCUT2D eigenvalue weighted by molar-refractivity contribution is -0.116. The van der Waals surface area contributed by atoms with Gasteiger partial charge in [-0.2, -0.15) is 0 Å². The van der Waals surface area contributed by atoms with Gasteiger partial charge >= 0.3 is 0 Å². The van der Waals surface area contributed by atoms with Crippen LogP contribution in [0.2, 0.25) is 0 Å². The van der Waals surface area contributed by atoms with E-state index in [1.807, 2.05) is 24.3 Å². The number of nitrogens with one attached hydrogen (secondary N) is 1. The van der Waals surface area contributed by atoms with E-state index in [4.69, 9.17) is 4.74 Å². The Labute approximate surface area is 151 Å². The molecule has 0 spiro atoms. The Balaban J connectivity index is 1.71. The quantitative estimate of drug-likeness (QED) is 0.637. The number of unbranched alkanes of at least 4 members (excludes halogenated alkanes) is 3. The minimum absolute atomic E-state index is 0.0664. The van der Waals surface area contributed by atoms with Crippen molar-refractivity contribution < 1.29 is 14.6 Å². The Hall–Kier alpha value is -1.43. The normalized spacial score (nSPS) is 16.6. The molecule has 1 unspecified atom stereocenters. The van der Waals surface area contributed by atoms with Crippen molar-refractivity contribution in [2.45, 2.75) is 51.6 Å². The molecule has 0 saturated carbocycles. The SMILES string of the molecule is CCCCCCC(=O)Nc1ccc(C(O)CCN2CCOCC2)cc1. The highest BCUT2D eigenvalue weighted by molar-refractivity contribution is 5.90. The summed E-state index contributed by atoms with van der Waals surface area (Å²) in [5.41, 5.74) is 1.69. The molecule has 1 heterocycles. The van der Waals surface area contributed by atoms with Gasteiger partial charge in [0.1, 0.15) is 0 Å². The van der Waals surface area contributed by atoms with Crippen molar-refractivity contribution >= 4 is 11.6 Å². The van der Waals surface area contributed by atoms with Gasteiger partial charge in [0.2, 0.25) is 5.91 Å². The molecular formula is C20H32N2O3. The number of amides is 1. The summed E-state index contributed by atoms with van der Waals surface area (Å²) in [5.74, 6) is 0.0664. The lowest BCUT2D eigenvalue weighted by Gasteiger charge is -2.27. The van der Waals surface area contributed by atoms with E-state index in [-0.39, 0.29) is 5.91 Å². The summed E-state index contributed by atoms with van der Waals surface area (Å²) in [4.78, 5) is 14.2. The molecule has 1 saturated heterocycles. The van der Waals surface area contributed by atoms with Gasteiger partial charge in [-0.25, -0.2) is 0 Å². The molecule has 1 amide bonds. The van der Waals surface area contributed by atoms with Gasteiger partial charge < -0.3 is 15.2 Å². The van der Waals surface area contributed by atoms with Crippen LogP contribution < -0.4 is 5.32 Å². The van der Waals surface area contributed by atoms with Crippen LogP contribution in [0, 0.1) is 0 Å². The van der Waals surface area contributed by atoms with Crippen molar-refractivity contribution in [1.29, 1.82) is 0 Å². The number of nitrogens with zero attached hydrogens (tertiary/aromatic N) is 1. The number of ether oxygens (including phenoxy) is 1. The Kier molecular flexibility index (Phi) is 8.94. The fourth-order valence-corrected chi connectivity index (χ4v) is 3.02. The van der Waals surface area contributed by atoms with Crippen molar-refractivity contribution in [1.82, 2.24) is 4.90 Å². The molecule has 25 heavy (non-hydrogen) atoms. The third-order valence-electron chi connectivity index (χ3n) is 4.66. The zero-order valence-corrected chi connectivity index (χ0v) is 15.4. The van der Waals surface area contributed by atoms with E-state index in [1.165, 1.54) is 12.8 Å². The molecule has 1 aliphatic heterocycles. The second kappa shape index (κ2) is 11.2. The van der Waals surface area contributed by atoms with Gasteiger partial charge in [0, 0.05) is 31.7 Å². The van der Waals surface area contributed by atoms with Gasteiger partial charge in [-0.15, -0.1) is 0 Å². The summed E-state index contributed by atoms with van der Waals surface area (Å²) in [7, 11) is 0. The molecule has 0 radical (unpaired) electrons. The predicted octanol–water partition coefficient (Wildman–Crippen LogP) is 3.35. The molecule has 5 heteroatoms. The first-order chi connectivity index (χ1) is 12.2. The van der Waals surface area contributed by atoms with Crippen LogP contribution >= 0.6 is 0 Å². The minimum atomic E-state index is -0.471. The van der Waals surface area contributed by atoms with Crippen LogP contribution in [0.3, 0.4) is 0 Å². The molecule has 0 bridgehead atoms. The largest absolute Gasteiger partial charge is 0.388 e. The van der Waals surface area contributed by atoms with Crippen LogP contribution in [-0.2, 0) is 9.53 Å². The van der Waals surface area contributed by atoms with E-state index in [1.54, 1.807) is 0 Å². The Morgan fingerprint density at radius 3 is 2.60 bits per heavy atom. The highest BCUT2D eigenvalue weighted by Gasteiger charge is 2.14. The average Bonchev–Trinajstić information content (AvgIpc) is 2.65. The fourth-order valence-electron chi connectivity index (χ4n) is 3.02. The van der Waals surface area contributed by atoms with Gasteiger partial charge in [-0.05, 0) is 30.5 Å². The van der Waals surface area contributed by atoms with Crippen LogP contribution in [0.25, 0.3) is 0 Å². The van der Waals surface area contributed by atoms with Crippen molar-refractivity contribution in [3.8, 4) is 0 Å². The maximum Gasteiger partial charge on any atom is 0.224 e. The summed E-state index contributed by atoms with van der Waals surface area (Å²) in [6, 6.07) is 7.54. The molecule has 1 atom stereocenters. The molecule has 2 rings (SSSR count). The number of hydrogen-bond donors (Lipinski definition) is 2. The molecule has 1 aromatic carbocycles. The van der Waals surface area contributed by atoms with Crippen LogP contribution in [0.15, 0.2) is 24.3 Å². The summed E-state index contributed by atoms with van der Waals surface area (Å²) in [6.07, 6.45) is 5.23. The second-order valence-electron chi connectivity index (χ2n) is 6.74. The number of morpholine rings is 1. The number of carbonyl (C=O) groups is 1. The summed E-state index contributed by atoms with van der Waals surface area (Å²) in [5, 5.41) is 13.3. The highest BCUT2D eigenvalue weighted by Crippen LogP contribution is 2.20. The number of carbonyl (C=O) groups excluding carboxylic acids is 1. The first-order valence-corrected chi connectivity index (χ1v) is 9.57. The van der Waals surface area contributed by atoms with Crippen molar-refractivity contribution in [2.24, 2.45) is 0 Å². The number of hydrogen-bond acceptors (Lipinski definition) is 4. The summed E-state index contributed by atoms with van der Waals surface area (Å²) < 4.78 is 5.33. The van der Waals surface area contributed by atoms with Crippen molar-refractivity contribution in [3.05, 3.63) is 29.8 Å². The first kappa shape index (κ1) is 19.9. The topological polar surface area (TPSA) is 61.8 Å². The molecule has 140 valence electrons. The lowest BCUT2D eigenvalue weighted by atomic mass is 10.1. The number of anilines is 1. The Morgan fingerprint density at radius 2 is 1.92 bits per heavy atom. The Bertz CT molecular complexity index is 498. The molecule has 0 aromatic heterocycles. The number of benzene rings is 1. The molecule has 1 aromatic rings. The molecule has 5 nitrogen and oxygen atoms in total. The van der Waals surface area contributed by atoms with E-state index in [9.17, 15) is 9.90 Å². The summed E-state index contributed by atoms with van der Waals surface area (Å²) in [6.45, 7) is 6.48. The van der Waals surface area contributed by atoms with E-state index in [0.29, 0.717) is 12.8 Å². The number of aliphatic hydroxyl groups is 1. The number of aliphatic hydroxyl groups excluding tert-OH is 1. The fraction of sp³-hybridized carbons (Fsp3) is 0.650. The van der Waals surface area contributed by atoms with E-state index in [2.05, 4.69) is 17.1 Å². The monoisotopic (exact) mass is 348 g/mol. The smallest absolute Gasteiger partial charge is 0.224 e. The maximum absolute atomic E-state index is 11.9. The average molecular weight is 348 g/mol. The molecule has 2 N–H and O–H groups in total. The van der Waals surface area contributed by atoms with Crippen molar-refractivity contribution in [3.63, 3.8) is 0 Å². The van der Waals surface area contributed by atoms with Gasteiger partial charge in [0.05, 0.1) is 19.3 Å². The van der Waals surface area contributed by atoms with Crippen LogP contribution in [0.1, 0.15) is 57.1 Å². The minimum Gasteiger partial charge on any atom is -0.388 e. The van der Waals surface area contributed by atoms with E-state index in [0.717, 1.165) is 56.9 Å². The standard InChI is InChI=1S/C20H32N2O3/c1-2-3-4-5-6-20(24)21-18-9-7-17(8-10-18)19(23)11-12-22-13-15-25-16-14-22/h7-10,19,23H,2-6,11-16H2,1H3,(H,21,24). The Morgan fingerprint density at radius 1 is 1.20 bits per heavy atom. The summed E-state index contributed by atoms with van der Waals surface area (Å²) >= 11 is 0. The van der Waals surface area contributed by atoms with Crippen molar-refractivity contribution in [2.75, 3.05) is 38.2 Å². The van der Waals surface area contributed by atoms with Crippen LogP contribution in [-0.4, -0.2) is 48.8 Å². The zero-order valence-electron chi connectivity index (χ0n) is 15.4. The van der Waals surface area contributed by atoms with Crippen LogP contribution in [0.4, 0.5) is 5.69 Å². The molecule has 0 aliphatic carbocycles. The molecule has 1 aliphatic rings.